The molecule has 2 rings (SSSR count). The van der Waals surface area contributed by atoms with Crippen molar-refractivity contribution in [3.63, 3.8) is 0 Å². The maximum absolute atomic E-state index is 11.7. The predicted molar refractivity (Wildman–Crippen MR) is 60.6 cm³/mol. The van der Waals surface area contributed by atoms with Gasteiger partial charge in [-0.25, -0.2) is 4.79 Å². The number of fused-ring (bicyclic) bond motifs is 1. The first-order valence-electron chi connectivity index (χ1n) is 5.59. The molecule has 1 unspecified atom stereocenters. The summed E-state index contributed by atoms with van der Waals surface area (Å²) >= 11 is 0. The lowest BCUT2D eigenvalue weighted by Crippen LogP contribution is -2.10. The van der Waals surface area contributed by atoms with Gasteiger partial charge in [-0.2, -0.15) is 0 Å². The minimum atomic E-state index is -0.503. The van der Waals surface area contributed by atoms with Crippen LogP contribution in [0.15, 0.2) is 18.2 Å². The van der Waals surface area contributed by atoms with Crippen LogP contribution in [-0.2, 0) is 14.3 Å². The predicted octanol–water partition coefficient (Wildman–Crippen LogP) is 2.16. The first-order valence-corrected chi connectivity index (χ1v) is 5.59. The van der Waals surface area contributed by atoms with E-state index in [9.17, 15) is 9.59 Å². The topological polar surface area (TPSA) is 52.6 Å². The third kappa shape index (κ3) is 2.16. The molecule has 0 saturated heterocycles. The van der Waals surface area contributed by atoms with Crippen LogP contribution in [0.5, 0.6) is 0 Å². The first kappa shape index (κ1) is 11.6. The van der Waals surface area contributed by atoms with Crippen LogP contribution < -0.4 is 0 Å². The number of rotatable bonds is 3. The molecule has 0 amide bonds. The summed E-state index contributed by atoms with van der Waals surface area (Å²) < 4.78 is 10.0. The molecule has 0 aromatic heterocycles. The molecule has 1 aliphatic rings. The average Bonchev–Trinajstić information content (AvgIpc) is 2.57. The average molecular weight is 234 g/mol. The Bertz CT molecular complexity index is 464. The Kier molecular flexibility index (Phi) is 3.13. The van der Waals surface area contributed by atoms with E-state index >= 15 is 0 Å². The normalized spacial score (nSPS) is 17.5. The fourth-order valence-corrected chi connectivity index (χ4v) is 2.01. The molecule has 0 bridgehead atoms. The monoisotopic (exact) mass is 234 g/mol. The molecule has 0 N–H and O–H groups in total. The van der Waals surface area contributed by atoms with Crippen LogP contribution in [0.4, 0.5) is 0 Å². The maximum atomic E-state index is 11.7. The highest BCUT2D eigenvalue weighted by Gasteiger charge is 2.33. The summed E-state index contributed by atoms with van der Waals surface area (Å²) in [5.74, 6) is -0.702. The van der Waals surface area contributed by atoms with Crippen molar-refractivity contribution in [2.75, 3.05) is 6.61 Å². The van der Waals surface area contributed by atoms with E-state index in [4.69, 9.17) is 9.47 Å². The summed E-state index contributed by atoms with van der Waals surface area (Å²) in [6.45, 7) is 3.93. The molecular weight excluding hydrogens is 220 g/mol. The van der Waals surface area contributed by atoms with Gasteiger partial charge in [0.15, 0.2) is 0 Å². The summed E-state index contributed by atoms with van der Waals surface area (Å²) in [4.78, 5) is 23.0. The number of hydrogen-bond acceptors (Lipinski definition) is 4. The summed E-state index contributed by atoms with van der Waals surface area (Å²) in [6, 6.07) is 5.53. The van der Waals surface area contributed by atoms with Crippen molar-refractivity contribution in [1.82, 2.24) is 0 Å². The molecule has 0 saturated carbocycles. The van der Waals surface area contributed by atoms with Crippen LogP contribution in [0.25, 0.3) is 0 Å². The Morgan fingerprint density at radius 2 is 2.24 bits per heavy atom. The van der Waals surface area contributed by atoms with Crippen molar-refractivity contribution in [3.8, 4) is 0 Å². The number of carbonyl (C=O) groups is 2. The molecule has 1 aromatic carbocycles. The summed E-state index contributed by atoms with van der Waals surface area (Å²) in [7, 11) is 0. The van der Waals surface area contributed by atoms with Gasteiger partial charge in [0.2, 0.25) is 0 Å². The third-order valence-corrected chi connectivity index (χ3v) is 2.76. The Balaban J connectivity index is 2.23. The molecule has 90 valence electrons. The van der Waals surface area contributed by atoms with Crippen molar-refractivity contribution in [2.24, 2.45) is 0 Å². The molecule has 4 heteroatoms. The second-order valence-electron chi connectivity index (χ2n) is 3.94. The fraction of sp³-hybridized carbons (Fsp3) is 0.385. The van der Waals surface area contributed by atoms with E-state index in [0.29, 0.717) is 12.2 Å². The van der Waals surface area contributed by atoms with Gasteiger partial charge in [-0.05, 0) is 19.4 Å². The second-order valence-corrected chi connectivity index (χ2v) is 3.94. The lowest BCUT2D eigenvalue weighted by molar-refractivity contribution is -0.145. The molecule has 1 aliphatic heterocycles. The van der Waals surface area contributed by atoms with E-state index < -0.39 is 6.10 Å². The molecule has 1 aromatic rings. The SMILES string of the molecule is CCOC(=O)CC1OC(=O)c2c(C)cccc21. The van der Waals surface area contributed by atoms with Crippen molar-refractivity contribution in [2.45, 2.75) is 26.4 Å². The van der Waals surface area contributed by atoms with Gasteiger partial charge in [-0.15, -0.1) is 0 Å². The van der Waals surface area contributed by atoms with Gasteiger partial charge in [0, 0.05) is 5.56 Å². The highest BCUT2D eigenvalue weighted by molar-refractivity contribution is 5.96. The van der Waals surface area contributed by atoms with Crippen LogP contribution in [0, 0.1) is 6.92 Å². The van der Waals surface area contributed by atoms with Gasteiger partial charge < -0.3 is 9.47 Å². The Labute approximate surface area is 99.5 Å². The fourth-order valence-electron chi connectivity index (χ4n) is 2.01. The first-order chi connectivity index (χ1) is 8.13. The molecule has 1 heterocycles. The minimum Gasteiger partial charge on any atom is -0.466 e. The molecule has 0 aliphatic carbocycles. The van der Waals surface area contributed by atoms with Gasteiger partial charge in [0.1, 0.15) is 6.10 Å². The van der Waals surface area contributed by atoms with Crippen molar-refractivity contribution < 1.29 is 19.1 Å². The number of ether oxygens (including phenoxy) is 2. The Hall–Kier alpha value is -1.84. The summed E-state index contributed by atoms with van der Waals surface area (Å²) in [5.41, 5.74) is 2.24. The zero-order chi connectivity index (χ0) is 12.4. The van der Waals surface area contributed by atoms with E-state index in [1.807, 2.05) is 25.1 Å². The Morgan fingerprint density at radius 1 is 1.47 bits per heavy atom. The second kappa shape index (κ2) is 4.57. The third-order valence-electron chi connectivity index (χ3n) is 2.76. The van der Waals surface area contributed by atoms with E-state index in [1.54, 1.807) is 6.92 Å². The minimum absolute atomic E-state index is 0.0794. The maximum Gasteiger partial charge on any atom is 0.339 e. The quantitative estimate of drug-likeness (QED) is 0.752. The highest BCUT2D eigenvalue weighted by atomic mass is 16.6. The van der Waals surface area contributed by atoms with Gasteiger partial charge in [-0.1, -0.05) is 18.2 Å². The molecule has 0 fully saturated rings. The highest BCUT2D eigenvalue weighted by Crippen LogP contribution is 2.34. The van der Waals surface area contributed by atoms with Crippen LogP contribution >= 0.6 is 0 Å². The number of benzene rings is 1. The summed E-state index contributed by atoms with van der Waals surface area (Å²) in [5, 5.41) is 0. The van der Waals surface area contributed by atoms with E-state index in [-0.39, 0.29) is 18.4 Å². The van der Waals surface area contributed by atoms with Gasteiger partial charge in [-0.3, -0.25) is 4.79 Å². The van der Waals surface area contributed by atoms with Gasteiger partial charge in [0.05, 0.1) is 18.6 Å². The molecular formula is C13H14O4. The number of carbonyl (C=O) groups excluding carboxylic acids is 2. The zero-order valence-corrected chi connectivity index (χ0v) is 9.86. The van der Waals surface area contributed by atoms with Crippen LogP contribution in [0.3, 0.4) is 0 Å². The Morgan fingerprint density at radius 3 is 2.94 bits per heavy atom. The number of cyclic esters (lactones) is 1. The number of esters is 2. The lowest BCUT2D eigenvalue weighted by Gasteiger charge is -2.09. The largest absolute Gasteiger partial charge is 0.466 e. The molecule has 4 nitrogen and oxygen atoms in total. The van der Waals surface area contributed by atoms with Crippen LogP contribution in [-0.4, -0.2) is 18.5 Å². The van der Waals surface area contributed by atoms with Crippen molar-refractivity contribution >= 4 is 11.9 Å². The lowest BCUT2D eigenvalue weighted by atomic mass is 9.99. The van der Waals surface area contributed by atoms with Crippen LogP contribution in [0.2, 0.25) is 0 Å². The van der Waals surface area contributed by atoms with E-state index in [2.05, 4.69) is 0 Å². The molecule has 1 atom stereocenters. The van der Waals surface area contributed by atoms with E-state index in [1.165, 1.54) is 0 Å². The van der Waals surface area contributed by atoms with Crippen LogP contribution in [0.1, 0.15) is 40.9 Å². The number of aryl methyl sites for hydroxylation is 1. The van der Waals surface area contributed by atoms with Crippen molar-refractivity contribution in [3.05, 3.63) is 34.9 Å². The molecule has 0 spiro atoms. The number of hydrogen-bond donors (Lipinski definition) is 0. The standard InChI is InChI=1S/C13H14O4/c1-3-16-11(14)7-10-9-6-4-5-8(2)12(9)13(15)17-10/h4-6,10H,3,7H2,1-2H3. The van der Waals surface area contributed by atoms with Gasteiger partial charge >= 0.3 is 11.9 Å². The molecule has 17 heavy (non-hydrogen) atoms. The molecule has 0 radical (unpaired) electrons. The van der Waals surface area contributed by atoms with E-state index in [0.717, 1.165) is 11.1 Å². The summed E-state index contributed by atoms with van der Waals surface area (Å²) in [6.07, 6.45) is -0.424. The zero-order valence-electron chi connectivity index (χ0n) is 9.86. The van der Waals surface area contributed by atoms with Crippen molar-refractivity contribution in [1.29, 1.82) is 0 Å². The smallest absolute Gasteiger partial charge is 0.339 e. The van der Waals surface area contributed by atoms with Gasteiger partial charge in [0.25, 0.3) is 0 Å².